The van der Waals surface area contributed by atoms with Gasteiger partial charge in [-0.2, -0.15) is 0 Å². The predicted octanol–water partition coefficient (Wildman–Crippen LogP) is 2.32. The van der Waals surface area contributed by atoms with Crippen molar-refractivity contribution in [2.24, 2.45) is 0 Å². The standard InChI is InChI=1S/C16H16FN3O3/c17-12-5-9(1-2-14(12)23-8-16(21)22)10-3-11(4-10)13-6-20-15(18)7-19-13/h1-2,5-7,10-11H,3-4,8H2,(H2,18,20)(H,21,22). The van der Waals surface area contributed by atoms with E-state index in [-0.39, 0.29) is 11.7 Å². The molecule has 23 heavy (non-hydrogen) atoms. The highest BCUT2D eigenvalue weighted by molar-refractivity contribution is 5.68. The van der Waals surface area contributed by atoms with Gasteiger partial charge in [-0.1, -0.05) is 6.07 Å². The summed E-state index contributed by atoms with van der Waals surface area (Å²) in [5.74, 6) is -0.777. The second-order valence-corrected chi connectivity index (χ2v) is 5.60. The number of nitrogens with two attached hydrogens (primary N) is 1. The molecule has 1 heterocycles. The molecule has 7 heteroatoms. The van der Waals surface area contributed by atoms with E-state index >= 15 is 0 Å². The third kappa shape index (κ3) is 3.39. The molecule has 0 unspecified atom stereocenters. The number of carboxylic acids is 1. The van der Waals surface area contributed by atoms with E-state index in [1.54, 1.807) is 12.3 Å². The van der Waals surface area contributed by atoms with Gasteiger partial charge in [-0.15, -0.1) is 0 Å². The zero-order valence-corrected chi connectivity index (χ0v) is 12.3. The highest BCUT2D eigenvalue weighted by atomic mass is 19.1. The van der Waals surface area contributed by atoms with Gasteiger partial charge < -0.3 is 15.6 Å². The van der Waals surface area contributed by atoms with Crippen LogP contribution in [-0.2, 0) is 4.79 Å². The minimum absolute atomic E-state index is 0.0450. The Hall–Kier alpha value is -2.70. The van der Waals surface area contributed by atoms with Crippen molar-refractivity contribution in [1.29, 1.82) is 0 Å². The lowest BCUT2D eigenvalue weighted by molar-refractivity contribution is -0.139. The van der Waals surface area contributed by atoms with Crippen molar-refractivity contribution in [3.63, 3.8) is 0 Å². The molecule has 2 aromatic rings. The molecule has 0 spiro atoms. The summed E-state index contributed by atoms with van der Waals surface area (Å²) < 4.78 is 18.8. The molecule has 1 aliphatic rings. The number of aromatic nitrogens is 2. The molecule has 1 saturated carbocycles. The van der Waals surface area contributed by atoms with Crippen molar-refractivity contribution in [3.8, 4) is 5.75 Å². The Bertz CT molecular complexity index is 715. The van der Waals surface area contributed by atoms with Crippen LogP contribution in [0.2, 0.25) is 0 Å². The molecule has 1 aromatic heterocycles. The summed E-state index contributed by atoms with van der Waals surface area (Å²) in [6.45, 7) is -0.558. The summed E-state index contributed by atoms with van der Waals surface area (Å²) in [6.07, 6.45) is 4.96. The third-order valence-electron chi connectivity index (χ3n) is 4.03. The largest absolute Gasteiger partial charge is 0.479 e. The summed E-state index contributed by atoms with van der Waals surface area (Å²) in [5, 5.41) is 8.54. The van der Waals surface area contributed by atoms with E-state index in [1.165, 1.54) is 18.3 Å². The van der Waals surface area contributed by atoms with Crippen LogP contribution in [-0.4, -0.2) is 27.7 Å². The molecule has 0 bridgehead atoms. The monoisotopic (exact) mass is 317 g/mol. The molecule has 0 radical (unpaired) electrons. The number of hydrogen-bond acceptors (Lipinski definition) is 5. The van der Waals surface area contributed by atoms with E-state index in [2.05, 4.69) is 9.97 Å². The Balaban J connectivity index is 1.62. The number of ether oxygens (including phenoxy) is 1. The van der Waals surface area contributed by atoms with Crippen molar-refractivity contribution in [2.45, 2.75) is 24.7 Å². The van der Waals surface area contributed by atoms with Gasteiger partial charge in [-0.25, -0.2) is 14.2 Å². The predicted molar refractivity (Wildman–Crippen MR) is 80.7 cm³/mol. The smallest absolute Gasteiger partial charge is 0.341 e. The van der Waals surface area contributed by atoms with Gasteiger partial charge in [0.25, 0.3) is 0 Å². The summed E-state index contributed by atoms with van der Waals surface area (Å²) in [6, 6.07) is 4.66. The molecule has 0 atom stereocenters. The van der Waals surface area contributed by atoms with Gasteiger partial charge in [0.15, 0.2) is 18.2 Å². The first kappa shape index (κ1) is 15.2. The lowest BCUT2D eigenvalue weighted by Gasteiger charge is -2.35. The Morgan fingerprint density at radius 1 is 1.30 bits per heavy atom. The number of nitrogens with zero attached hydrogens (tertiary/aromatic N) is 2. The number of nitrogen functional groups attached to an aromatic ring is 1. The van der Waals surface area contributed by atoms with E-state index < -0.39 is 18.4 Å². The zero-order valence-electron chi connectivity index (χ0n) is 12.3. The maximum absolute atomic E-state index is 13.9. The number of carbonyl (C=O) groups is 1. The summed E-state index contributed by atoms with van der Waals surface area (Å²) in [5.41, 5.74) is 7.29. The van der Waals surface area contributed by atoms with Crippen molar-refractivity contribution in [3.05, 3.63) is 47.7 Å². The molecular weight excluding hydrogens is 301 g/mol. The van der Waals surface area contributed by atoms with Crippen LogP contribution in [0.5, 0.6) is 5.75 Å². The molecule has 1 aliphatic carbocycles. The average Bonchev–Trinajstić information content (AvgIpc) is 2.46. The molecular formula is C16H16FN3O3. The average molecular weight is 317 g/mol. The fourth-order valence-corrected chi connectivity index (χ4v) is 2.72. The minimum Gasteiger partial charge on any atom is -0.479 e. The Labute approximate surface area is 132 Å². The van der Waals surface area contributed by atoms with Crippen molar-refractivity contribution < 1.29 is 19.0 Å². The molecule has 1 fully saturated rings. The molecule has 1 aromatic carbocycles. The maximum Gasteiger partial charge on any atom is 0.341 e. The normalized spacial score (nSPS) is 19.9. The van der Waals surface area contributed by atoms with Crippen LogP contribution in [0.3, 0.4) is 0 Å². The number of rotatable bonds is 5. The number of carboxylic acid groups (broad SMARTS) is 1. The van der Waals surface area contributed by atoms with Crippen LogP contribution < -0.4 is 10.5 Å². The molecule has 0 saturated heterocycles. The van der Waals surface area contributed by atoms with Gasteiger partial charge in [0, 0.05) is 5.92 Å². The Kier molecular flexibility index (Phi) is 4.10. The maximum atomic E-state index is 13.9. The Morgan fingerprint density at radius 3 is 2.70 bits per heavy atom. The molecule has 0 amide bonds. The van der Waals surface area contributed by atoms with Crippen molar-refractivity contribution >= 4 is 11.8 Å². The molecule has 3 rings (SSSR count). The third-order valence-corrected chi connectivity index (χ3v) is 4.03. The minimum atomic E-state index is -1.14. The first-order chi connectivity index (χ1) is 11.0. The zero-order chi connectivity index (χ0) is 16.4. The molecule has 0 aliphatic heterocycles. The molecule has 120 valence electrons. The number of benzene rings is 1. The molecule has 6 nitrogen and oxygen atoms in total. The number of halogens is 1. The summed E-state index contributed by atoms with van der Waals surface area (Å²) in [4.78, 5) is 18.7. The van der Waals surface area contributed by atoms with Crippen LogP contribution in [0.4, 0.5) is 10.2 Å². The SMILES string of the molecule is Nc1cnc(C2CC(c3ccc(OCC(=O)O)c(F)c3)C2)cn1. The van der Waals surface area contributed by atoms with Crippen LogP contribution in [0.15, 0.2) is 30.6 Å². The van der Waals surface area contributed by atoms with Crippen LogP contribution >= 0.6 is 0 Å². The highest BCUT2D eigenvalue weighted by Crippen LogP contribution is 2.47. The lowest BCUT2D eigenvalue weighted by atomic mass is 9.70. The number of anilines is 1. The van der Waals surface area contributed by atoms with Crippen LogP contribution in [0.25, 0.3) is 0 Å². The quantitative estimate of drug-likeness (QED) is 0.878. The van der Waals surface area contributed by atoms with Gasteiger partial charge in [0.05, 0.1) is 18.1 Å². The van der Waals surface area contributed by atoms with E-state index in [0.29, 0.717) is 11.7 Å². The van der Waals surface area contributed by atoms with Crippen molar-refractivity contribution in [1.82, 2.24) is 9.97 Å². The second kappa shape index (κ2) is 6.20. The first-order valence-electron chi connectivity index (χ1n) is 7.24. The van der Waals surface area contributed by atoms with Gasteiger partial charge >= 0.3 is 5.97 Å². The van der Waals surface area contributed by atoms with Crippen LogP contribution in [0.1, 0.15) is 35.9 Å². The van der Waals surface area contributed by atoms with Crippen LogP contribution in [0, 0.1) is 5.82 Å². The number of aliphatic carboxylic acids is 1. The van der Waals surface area contributed by atoms with Gasteiger partial charge in [-0.05, 0) is 36.5 Å². The first-order valence-corrected chi connectivity index (χ1v) is 7.24. The van der Waals surface area contributed by atoms with E-state index in [9.17, 15) is 9.18 Å². The van der Waals surface area contributed by atoms with Gasteiger partial charge in [0.2, 0.25) is 0 Å². The van der Waals surface area contributed by atoms with Gasteiger partial charge in [-0.3, -0.25) is 4.98 Å². The topological polar surface area (TPSA) is 98.3 Å². The van der Waals surface area contributed by atoms with Crippen molar-refractivity contribution in [2.75, 3.05) is 12.3 Å². The second-order valence-electron chi connectivity index (χ2n) is 5.60. The van der Waals surface area contributed by atoms with E-state index in [0.717, 1.165) is 24.1 Å². The van der Waals surface area contributed by atoms with Gasteiger partial charge in [0.1, 0.15) is 5.82 Å². The fourth-order valence-electron chi connectivity index (χ4n) is 2.72. The fraction of sp³-hybridized carbons (Fsp3) is 0.312. The summed E-state index contributed by atoms with van der Waals surface area (Å²) in [7, 11) is 0. The lowest BCUT2D eigenvalue weighted by Crippen LogP contribution is -2.21. The summed E-state index contributed by atoms with van der Waals surface area (Å²) >= 11 is 0. The number of hydrogen-bond donors (Lipinski definition) is 2. The van der Waals surface area contributed by atoms with E-state index in [4.69, 9.17) is 15.6 Å². The highest BCUT2D eigenvalue weighted by Gasteiger charge is 2.33. The molecule has 3 N–H and O–H groups in total. The van der Waals surface area contributed by atoms with E-state index in [1.807, 2.05) is 0 Å². The Morgan fingerprint density at radius 2 is 2.09 bits per heavy atom.